The molecule has 0 bridgehead atoms. The minimum absolute atomic E-state index is 0.112. The van der Waals surface area contributed by atoms with Crippen LogP contribution >= 0.6 is 0 Å². The van der Waals surface area contributed by atoms with Crippen molar-refractivity contribution < 1.29 is 19.4 Å². The fourth-order valence-electron chi connectivity index (χ4n) is 3.70. The Morgan fingerprint density at radius 3 is 2.46 bits per heavy atom. The second-order valence-corrected chi connectivity index (χ2v) is 6.49. The average molecular weight is 361 g/mol. The van der Waals surface area contributed by atoms with E-state index in [1.165, 1.54) is 9.47 Å². The SMILES string of the molecule is CCn1c(=O)n(CC(=O)N2CC(OC)CC2CC(=O)O)c2ccccc21. The number of amides is 1. The van der Waals surface area contributed by atoms with Crippen molar-refractivity contribution in [1.82, 2.24) is 14.0 Å². The fourth-order valence-corrected chi connectivity index (χ4v) is 3.70. The van der Waals surface area contributed by atoms with E-state index in [1.54, 1.807) is 11.7 Å². The normalized spacial score (nSPS) is 20.0. The number of nitrogens with zero attached hydrogens (tertiary/aromatic N) is 3. The Hall–Kier alpha value is -2.61. The number of imidazole rings is 1. The molecule has 2 atom stereocenters. The van der Waals surface area contributed by atoms with Gasteiger partial charge in [-0.25, -0.2) is 4.79 Å². The predicted molar refractivity (Wildman–Crippen MR) is 95.0 cm³/mol. The van der Waals surface area contributed by atoms with E-state index in [9.17, 15) is 14.4 Å². The first-order valence-corrected chi connectivity index (χ1v) is 8.68. The first-order valence-electron chi connectivity index (χ1n) is 8.68. The second-order valence-electron chi connectivity index (χ2n) is 6.49. The van der Waals surface area contributed by atoms with Gasteiger partial charge in [-0.05, 0) is 25.5 Å². The number of carboxylic acid groups (broad SMARTS) is 1. The van der Waals surface area contributed by atoms with Gasteiger partial charge in [0.15, 0.2) is 0 Å². The molecule has 3 rings (SSSR count). The summed E-state index contributed by atoms with van der Waals surface area (Å²) in [5, 5.41) is 9.11. The lowest BCUT2D eigenvalue weighted by molar-refractivity contribution is -0.140. The van der Waals surface area contributed by atoms with Crippen LogP contribution in [0.5, 0.6) is 0 Å². The van der Waals surface area contributed by atoms with E-state index >= 15 is 0 Å². The maximum Gasteiger partial charge on any atom is 0.329 e. The summed E-state index contributed by atoms with van der Waals surface area (Å²) >= 11 is 0. The summed E-state index contributed by atoms with van der Waals surface area (Å²) in [6, 6.07) is 6.93. The molecule has 140 valence electrons. The van der Waals surface area contributed by atoms with E-state index in [4.69, 9.17) is 9.84 Å². The number of benzene rings is 1. The second kappa shape index (κ2) is 7.33. The van der Waals surface area contributed by atoms with Gasteiger partial charge in [0.1, 0.15) is 6.54 Å². The van der Waals surface area contributed by atoms with E-state index in [2.05, 4.69) is 0 Å². The largest absolute Gasteiger partial charge is 0.481 e. The lowest BCUT2D eigenvalue weighted by Gasteiger charge is -2.23. The van der Waals surface area contributed by atoms with Gasteiger partial charge in [0.2, 0.25) is 5.91 Å². The maximum absolute atomic E-state index is 12.9. The van der Waals surface area contributed by atoms with Gasteiger partial charge in [-0.15, -0.1) is 0 Å². The van der Waals surface area contributed by atoms with Crippen LogP contribution in [0.4, 0.5) is 0 Å². The molecule has 0 spiro atoms. The van der Waals surface area contributed by atoms with Crippen LogP contribution in [0, 0.1) is 0 Å². The summed E-state index contributed by atoms with van der Waals surface area (Å²) in [4.78, 5) is 38.2. The number of para-hydroxylation sites is 2. The third-order valence-electron chi connectivity index (χ3n) is 4.97. The molecule has 8 heteroatoms. The van der Waals surface area contributed by atoms with Gasteiger partial charge < -0.3 is 14.7 Å². The molecule has 26 heavy (non-hydrogen) atoms. The quantitative estimate of drug-likeness (QED) is 0.825. The number of hydrogen-bond donors (Lipinski definition) is 1. The van der Waals surface area contributed by atoms with Gasteiger partial charge in [0, 0.05) is 26.2 Å². The number of aliphatic carboxylic acids is 1. The number of carboxylic acids is 1. The smallest absolute Gasteiger partial charge is 0.329 e. The Kier molecular flexibility index (Phi) is 5.13. The van der Waals surface area contributed by atoms with Crippen LogP contribution in [0.2, 0.25) is 0 Å². The van der Waals surface area contributed by atoms with Crippen molar-refractivity contribution in [1.29, 1.82) is 0 Å². The van der Waals surface area contributed by atoms with Gasteiger partial charge in [-0.3, -0.25) is 18.7 Å². The fraction of sp³-hybridized carbons (Fsp3) is 0.500. The summed E-state index contributed by atoms with van der Waals surface area (Å²) in [5.41, 5.74) is 1.25. The summed E-state index contributed by atoms with van der Waals surface area (Å²) < 4.78 is 8.39. The lowest BCUT2D eigenvalue weighted by Crippen LogP contribution is -2.41. The van der Waals surface area contributed by atoms with Gasteiger partial charge in [0.05, 0.1) is 23.6 Å². The van der Waals surface area contributed by atoms with Crippen LogP contribution in [0.3, 0.4) is 0 Å². The number of hydrogen-bond acceptors (Lipinski definition) is 4. The van der Waals surface area contributed by atoms with E-state index in [0.29, 0.717) is 25.0 Å². The molecule has 1 amide bonds. The van der Waals surface area contributed by atoms with Gasteiger partial charge in [-0.1, -0.05) is 12.1 Å². The zero-order valence-electron chi connectivity index (χ0n) is 14.9. The van der Waals surface area contributed by atoms with Crippen molar-refractivity contribution in [3.05, 3.63) is 34.7 Å². The highest BCUT2D eigenvalue weighted by Crippen LogP contribution is 2.23. The summed E-state index contributed by atoms with van der Waals surface area (Å²) in [6.45, 7) is 2.62. The lowest BCUT2D eigenvalue weighted by atomic mass is 10.1. The van der Waals surface area contributed by atoms with E-state index in [0.717, 1.165) is 5.52 Å². The number of aryl methyl sites for hydroxylation is 1. The van der Waals surface area contributed by atoms with E-state index in [-0.39, 0.29) is 30.7 Å². The highest BCUT2D eigenvalue weighted by molar-refractivity contribution is 5.82. The highest BCUT2D eigenvalue weighted by atomic mass is 16.5. The van der Waals surface area contributed by atoms with Crippen molar-refractivity contribution in [3.63, 3.8) is 0 Å². The molecule has 1 aliphatic heterocycles. The van der Waals surface area contributed by atoms with Crippen molar-refractivity contribution in [2.45, 2.75) is 45.0 Å². The molecular weight excluding hydrogens is 338 g/mol. The van der Waals surface area contributed by atoms with Gasteiger partial charge >= 0.3 is 11.7 Å². The predicted octanol–water partition coefficient (Wildman–Crippen LogP) is 0.914. The van der Waals surface area contributed by atoms with E-state index in [1.807, 2.05) is 31.2 Å². The molecule has 2 unspecified atom stereocenters. The Morgan fingerprint density at radius 1 is 1.23 bits per heavy atom. The molecule has 0 saturated carbocycles. The molecule has 2 aromatic rings. The Bertz CT molecular complexity index is 885. The zero-order valence-corrected chi connectivity index (χ0v) is 14.9. The molecule has 0 radical (unpaired) electrons. The summed E-state index contributed by atoms with van der Waals surface area (Å²) in [5.74, 6) is -1.22. The van der Waals surface area contributed by atoms with Crippen molar-refractivity contribution >= 4 is 22.9 Å². The number of carbonyl (C=O) groups excluding carboxylic acids is 1. The third kappa shape index (κ3) is 3.24. The number of likely N-dealkylation sites (tertiary alicyclic amines) is 1. The molecule has 2 heterocycles. The molecule has 1 aromatic heterocycles. The maximum atomic E-state index is 12.9. The van der Waals surface area contributed by atoms with Crippen LogP contribution in [-0.4, -0.2) is 56.8 Å². The molecule has 1 saturated heterocycles. The molecule has 1 N–H and O–H groups in total. The number of rotatable bonds is 6. The van der Waals surface area contributed by atoms with Gasteiger partial charge in [-0.2, -0.15) is 0 Å². The molecule has 0 aliphatic carbocycles. The van der Waals surface area contributed by atoms with Crippen LogP contribution in [0.25, 0.3) is 11.0 Å². The third-order valence-corrected chi connectivity index (χ3v) is 4.97. The molecule has 8 nitrogen and oxygen atoms in total. The number of fused-ring (bicyclic) bond motifs is 1. The van der Waals surface area contributed by atoms with Crippen LogP contribution in [-0.2, 0) is 27.4 Å². The zero-order chi connectivity index (χ0) is 18.8. The number of methoxy groups -OCH3 is 1. The van der Waals surface area contributed by atoms with Crippen molar-refractivity contribution in [2.24, 2.45) is 0 Å². The number of ether oxygens (including phenoxy) is 1. The van der Waals surface area contributed by atoms with Gasteiger partial charge in [0.25, 0.3) is 0 Å². The monoisotopic (exact) mass is 361 g/mol. The Morgan fingerprint density at radius 2 is 1.88 bits per heavy atom. The van der Waals surface area contributed by atoms with Crippen LogP contribution in [0.15, 0.2) is 29.1 Å². The topological polar surface area (TPSA) is 93.8 Å². The summed E-state index contributed by atoms with van der Waals surface area (Å²) in [6.07, 6.45) is 0.175. The first-order chi connectivity index (χ1) is 12.5. The van der Waals surface area contributed by atoms with E-state index < -0.39 is 12.0 Å². The van der Waals surface area contributed by atoms with Crippen LogP contribution < -0.4 is 5.69 Å². The van der Waals surface area contributed by atoms with Crippen molar-refractivity contribution in [2.75, 3.05) is 13.7 Å². The molecule has 1 aliphatic rings. The standard InChI is InChI=1S/C18H23N3O5/c1-3-19-14-6-4-5-7-15(14)21(18(19)25)11-16(22)20-10-13(26-2)8-12(20)9-17(23)24/h4-7,12-13H,3,8-11H2,1-2H3,(H,23,24). The number of aromatic nitrogens is 2. The minimum atomic E-state index is -0.954. The molecule has 1 aromatic carbocycles. The Balaban J connectivity index is 1.90. The highest BCUT2D eigenvalue weighted by Gasteiger charge is 2.36. The first kappa shape index (κ1) is 18.2. The molecule has 1 fully saturated rings. The Labute approximate surface area is 150 Å². The van der Waals surface area contributed by atoms with Crippen molar-refractivity contribution in [3.8, 4) is 0 Å². The van der Waals surface area contributed by atoms with Crippen LogP contribution in [0.1, 0.15) is 19.8 Å². The summed E-state index contributed by atoms with van der Waals surface area (Å²) in [7, 11) is 1.55. The minimum Gasteiger partial charge on any atom is -0.481 e. The average Bonchev–Trinajstić information content (AvgIpc) is 3.13. The molecular formula is C18H23N3O5. The number of carbonyl (C=O) groups is 2.